The Labute approximate surface area is 95.6 Å². The van der Waals surface area contributed by atoms with Gasteiger partial charge in [0.2, 0.25) is 0 Å². The van der Waals surface area contributed by atoms with Crippen LogP contribution in [0.15, 0.2) is 24.3 Å². The zero-order valence-corrected chi connectivity index (χ0v) is 9.35. The predicted octanol–water partition coefficient (Wildman–Crippen LogP) is 2.43. The van der Waals surface area contributed by atoms with Crippen LogP contribution in [0.5, 0.6) is 0 Å². The van der Waals surface area contributed by atoms with Crippen molar-refractivity contribution in [2.24, 2.45) is 5.92 Å². The monoisotopic (exact) mass is 217 g/mol. The van der Waals surface area contributed by atoms with E-state index in [4.69, 9.17) is 14.7 Å². The van der Waals surface area contributed by atoms with E-state index >= 15 is 0 Å². The highest BCUT2D eigenvalue weighted by atomic mass is 16.5. The Morgan fingerprint density at radius 1 is 1.44 bits per heavy atom. The molecule has 0 amide bonds. The van der Waals surface area contributed by atoms with Gasteiger partial charge >= 0.3 is 0 Å². The normalized spacial score (nSPS) is 24.2. The third-order valence-electron chi connectivity index (χ3n) is 2.88. The number of hydrogen-bond donors (Lipinski definition) is 0. The molecule has 0 N–H and O–H groups in total. The molecule has 1 saturated heterocycles. The van der Waals surface area contributed by atoms with Gasteiger partial charge in [0.25, 0.3) is 0 Å². The second-order valence-electron chi connectivity index (χ2n) is 3.99. The number of benzene rings is 1. The molecule has 84 valence electrons. The van der Waals surface area contributed by atoms with Crippen LogP contribution in [0.25, 0.3) is 0 Å². The summed E-state index contributed by atoms with van der Waals surface area (Å²) in [6.45, 7) is 1.30. The van der Waals surface area contributed by atoms with Gasteiger partial charge in [-0.25, -0.2) is 0 Å². The summed E-state index contributed by atoms with van der Waals surface area (Å²) in [6.07, 6.45) is 0.780. The van der Waals surface area contributed by atoms with Crippen LogP contribution in [-0.4, -0.2) is 13.7 Å². The van der Waals surface area contributed by atoms with Crippen LogP contribution in [0.4, 0.5) is 0 Å². The third kappa shape index (κ3) is 2.24. The van der Waals surface area contributed by atoms with E-state index in [1.54, 1.807) is 7.11 Å². The lowest BCUT2D eigenvalue weighted by atomic mass is 9.96. The number of nitriles is 1. The predicted molar refractivity (Wildman–Crippen MR) is 59.6 cm³/mol. The molecule has 1 aromatic rings. The average molecular weight is 217 g/mol. The quantitative estimate of drug-likeness (QED) is 0.780. The van der Waals surface area contributed by atoms with Gasteiger partial charge in [-0.2, -0.15) is 5.26 Å². The topological polar surface area (TPSA) is 42.2 Å². The van der Waals surface area contributed by atoms with Crippen molar-refractivity contribution in [2.75, 3.05) is 13.7 Å². The van der Waals surface area contributed by atoms with E-state index in [2.05, 4.69) is 6.07 Å². The highest BCUT2D eigenvalue weighted by Crippen LogP contribution is 2.33. The van der Waals surface area contributed by atoms with Crippen LogP contribution in [0.3, 0.4) is 0 Å². The Balaban J connectivity index is 2.12. The van der Waals surface area contributed by atoms with Gasteiger partial charge in [-0.1, -0.05) is 24.3 Å². The number of rotatable bonds is 3. The van der Waals surface area contributed by atoms with E-state index in [0.717, 1.165) is 17.5 Å². The van der Waals surface area contributed by atoms with Crippen molar-refractivity contribution in [2.45, 2.75) is 19.1 Å². The molecule has 3 nitrogen and oxygen atoms in total. The minimum atomic E-state index is -0.0541. The van der Waals surface area contributed by atoms with Crippen molar-refractivity contribution in [3.05, 3.63) is 35.4 Å². The molecular formula is C13H15NO2. The molecule has 0 aromatic heterocycles. The summed E-state index contributed by atoms with van der Waals surface area (Å²) in [5, 5.41) is 8.99. The fourth-order valence-electron chi connectivity index (χ4n) is 2.02. The summed E-state index contributed by atoms with van der Waals surface area (Å²) >= 11 is 0. The molecule has 0 spiro atoms. The molecule has 0 bridgehead atoms. The molecule has 1 fully saturated rings. The summed E-state index contributed by atoms with van der Waals surface area (Å²) in [4.78, 5) is 0. The van der Waals surface area contributed by atoms with E-state index in [9.17, 15) is 0 Å². The van der Waals surface area contributed by atoms with Crippen LogP contribution >= 0.6 is 0 Å². The number of nitrogens with zero attached hydrogens (tertiary/aromatic N) is 1. The lowest BCUT2D eigenvalue weighted by Crippen LogP contribution is -2.05. The first-order valence-electron chi connectivity index (χ1n) is 5.44. The molecule has 1 heterocycles. The van der Waals surface area contributed by atoms with Gasteiger partial charge in [-0.3, -0.25) is 0 Å². The molecule has 2 rings (SSSR count). The van der Waals surface area contributed by atoms with Crippen molar-refractivity contribution in [3.8, 4) is 6.07 Å². The highest BCUT2D eigenvalue weighted by Gasteiger charge is 2.29. The van der Waals surface area contributed by atoms with Crippen LogP contribution in [0, 0.1) is 17.2 Å². The molecule has 3 heteroatoms. The van der Waals surface area contributed by atoms with Crippen LogP contribution in [0.2, 0.25) is 0 Å². The number of methoxy groups -OCH3 is 1. The first-order chi connectivity index (χ1) is 7.85. The molecule has 1 aliphatic rings. The zero-order valence-electron chi connectivity index (χ0n) is 9.35. The van der Waals surface area contributed by atoms with E-state index in [1.165, 1.54) is 0 Å². The Bertz CT molecular complexity index is 380. The fraction of sp³-hybridized carbons (Fsp3) is 0.462. The van der Waals surface area contributed by atoms with Gasteiger partial charge in [-0.15, -0.1) is 0 Å². The highest BCUT2D eigenvalue weighted by molar-refractivity contribution is 5.26. The van der Waals surface area contributed by atoms with Crippen molar-refractivity contribution in [3.63, 3.8) is 0 Å². The summed E-state index contributed by atoms with van der Waals surface area (Å²) in [7, 11) is 1.68. The minimum Gasteiger partial charge on any atom is -0.380 e. The zero-order chi connectivity index (χ0) is 11.4. The molecule has 2 atom stereocenters. The summed E-state index contributed by atoms with van der Waals surface area (Å²) in [5.74, 6) is -0.00623. The second-order valence-corrected chi connectivity index (χ2v) is 3.99. The fourth-order valence-corrected chi connectivity index (χ4v) is 2.02. The number of ether oxygens (including phenoxy) is 2. The maximum absolute atomic E-state index is 8.99. The molecule has 1 aromatic carbocycles. The molecule has 0 aliphatic carbocycles. The van der Waals surface area contributed by atoms with Gasteiger partial charge in [0.05, 0.1) is 24.7 Å². The summed E-state index contributed by atoms with van der Waals surface area (Å²) in [5.41, 5.74) is 2.22. The minimum absolute atomic E-state index is 0.00623. The SMILES string of the molecule is COCc1ccc(C2OCCC2C#N)cc1. The van der Waals surface area contributed by atoms with E-state index in [-0.39, 0.29) is 12.0 Å². The Morgan fingerprint density at radius 2 is 2.19 bits per heavy atom. The average Bonchev–Trinajstić information content (AvgIpc) is 2.78. The second kappa shape index (κ2) is 5.11. The molecule has 0 saturated carbocycles. The first-order valence-corrected chi connectivity index (χ1v) is 5.44. The Morgan fingerprint density at radius 3 is 2.81 bits per heavy atom. The molecule has 0 radical (unpaired) electrons. The van der Waals surface area contributed by atoms with Crippen LogP contribution in [-0.2, 0) is 16.1 Å². The van der Waals surface area contributed by atoms with E-state index < -0.39 is 0 Å². The van der Waals surface area contributed by atoms with Crippen molar-refractivity contribution < 1.29 is 9.47 Å². The number of hydrogen-bond acceptors (Lipinski definition) is 3. The lowest BCUT2D eigenvalue weighted by molar-refractivity contribution is 0.101. The summed E-state index contributed by atoms with van der Waals surface area (Å²) < 4.78 is 10.6. The smallest absolute Gasteiger partial charge is 0.0983 e. The standard InChI is InChI=1S/C13H15NO2/c1-15-9-10-2-4-11(5-3-10)13-12(8-14)6-7-16-13/h2-5,12-13H,6-7,9H2,1H3. The van der Waals surface area contributed by atoms with Gasteiger partial charge in [0.1, 0.15) is 0 Å². The van der Waals surface area contributed by atoms with E-state index in [0.29, 0.717) is 13.2 Å². The third-order valence-corrected chi connectivity index (χ3v) is 2.88. The molecule has 2 unspecified atom stereocenters. The van der Waals surface area contributed by atoms with Crippen molar-refractivity contribution in [1.29, 1.82) is 5.26 Å². The summed E-state index contributed by atoms with van der Waals surface area (Å²) in [6, 6.07) is 10.4. The lowest BCUT2D eigenvalue weighted by Gasteiger charge is -2.13. The first kappa shape index (κ1) is 11.1. The molecular weight excluding hydrogens is 202 g/mol. The maximum Gasteiger partial charge on any atom is 0.0983 e. The van der Waals surface area contributed by atoms with Gasteiger partial charge in [0, 0.05) is 13.7 Å². The largest absolute Gasteiger partial charge is 0.380 e. The van der Waals surface area contributed by atoms with Crippen molar-refractivity contribution >= 4 is 0 Å². The van der Waals surface area contributed by atoms with Gasteiger partial charge < -0.3 is 9.47 Å². The van der Waals surface area contributed by atoms with E-state index in [1.807, 2.05) is 24.3 Å². The van der Waals surface area contributed by atoms with Crippen molar-refractivity contribution in [1.82, 2.24) is 0 Å². The van der Waals surface area contributed by atoms with Crippen LogP contribution < -0.4 is 0 Å². The maximum atomic E-state index is 8.99. The molecule has 16 heavy (non-hydrogen) atoms. The van der Waals surface area contributed by atoms with Crippen LogP contribution in [0.1, 0.15) is 23.7 Å². The Kier molecular flexibility index (Phi) is 3.55. The Hall–Kier alpha value is -1.37. The van der Waals surface area contributed by atoms with Gasteiger partial charge in [-0.05, 0) is 17.5 Å². The molecule has 1 aliphatic heterocycles. The van der Waals surface area contributed by atoms with Gasteiger partial charge in [0.15, 0.2) is 0 Å².